The smallest absolute Gasteiger partial charge is 0.338 e. The Balaban J connectivity index is 1.82. The van der Waals surface area contributed by atoms with Gasteiger partial charge in [0.25, 0.3) is 0 Å². The van der Waals surface area contributed by atoms with Gasteiger partial charge in [-0.1, -0.05) is 0 Å². The van der Waals surface area contributed by atoms with Gasteiger partial charge in [-0.05, 0) is 54.8 Å². The molecule has 0 aliphatic heterocycles. The molecule has 0 saturated carbocycles. The average Bonchev–Trinajstić information content (AvgIpc) is 2.52. The second kappa shape index (κ2) is 7.17. The molecule has 22 heavy (non-hydrogen) atoms. The van der Waals surface area contributed by atoms with Crippen LogP contribution >= 0.6 is 0 Å². The standard InChI is InChI=1S/C16H17NO4S/c1-22(19,20)15-6-4-14(5-7-15)16(18)21-12-2-3-13-8-10-17-11-9-13/h4-11H,2-3,12H2,1H3. The van der Waals surface area contributed by atoms with Crippen LogP contribution in [-0.2, 0) is 21.0 Å². The van der Waals surface area contributed by atoms with Crippen molar-refractivity contribution in [3.8, 4) is 0 Å². The van der Waals surface area contributed by atoms with Gasteiger partial charge in [-0.3, -0.25) is 4.98 Å². The molecule has 0 aliphatic carbocycles. The van der Waals surface area contributed by atoms with E-state index in [4.69, 9.17) is 4.74 Å². The van der Waals surface area contributed by atoms with Crippen molar-refractivity contribution in [3.63, 3.8) is 0 Å². The Bertz CT molecular complexity index is 725. The lowest BCUT2D eigenvalue weighted by atomic mass is 10.1. The number of hydrogen-bond acceptors (Lipinski definition) is 5. The van der Waals surface area contributed by atoms with E-state index in [0.717, 1.165) is 24.7 Å². The summed E-state index contributed by atoms with van der Waals surface area (Å²) in [4.78, 5) is 16.0. The topological polar surface area (TPSA) is 73.3 Å². The van der Waals surface area contributed by atoms with Gasteiger partial charge in [0.1, 0.15) is 0 Å². The molecule has 5 nitrogen and oxygen atoms in total. The van der Waals surface area contributed by atoms with Crippen LogP contribution < -0.4 is 0 Å². The molecule has 1 aromatic heterocycles. The lowest BCUT2D eigenvalue weighted by Gasteiger charge is -2.05. The summed E-state index contributed by atoms with van der Waals surface area (Å²) in [7, 11) is -3.25. The molecule has 1 heterocycles. The third kappa shape index (κ3) is 4.66. The SMILES string of the molecule is CS(=O)(=O)c1ccc(C(=O)OCCCc2ccncc2)cc1. The lowest BCUT2D eigenvalue weighted by Crippen LogP contribution is -2.07. The van der Waals surface area contributed by atoms with Crippen LogP contribution in [0.25, 0.3) is 0 Å². The first kappa shape index (κ1) is 16.2. The number of aromatic nitrogens is 1. The summed E-state index contributed by atoms with van der Waals surface area (Å²) in [6.45, 7) is 0.314. The molecule has 116 valence electrons. The molecular formula is C16H17NO4S. The highest BCUT2D eigenvalue weighted by molar-refractivity contribution is 7.90. The molecule has 0 unspecified atom stereocenters. The fourth-order valence-electron chi connectivity index (χ4n) is 1.91. The second-order valence-electron chi connectivity index (χ2n) is 4.89. The van der Waals surface area contributed by atoms with Crippen LogP contribution in [0.2, 0.25) is 0 Å². The summed E-state index contributed by atoms with van der Waals surface area (Å²) in [5.74, 6) is -0.449. The van der Waals surface area contributed by atoms with Gasteiger partial charge in [-0.25, -0.2) is 13.2 Å². The van der Waals surface area contributed by atoms with Gasteiger partial charge in [0.05, 0.1) is 17.1 Å². The zero-order valence-corrected chi connectivity index (χ0v) is 13.0. The summed E-state index contributed by atoms with van der Waals surface area (Å²) in [6, 6.07) is 9.58. The van der Waals surface area contributed by atoms with E-state index in [1.807, 2.05) is 12.1 Å². The number of rotatable bonds is 6. The van der Waals surface area contributed by atoms with Gasteiger partial charge >= 0.3 is 5.97 Å². The molecule has 0 N–H and O–H groups in total. The maximum Gasteiger partial charge on any atom is 0.338 e. The maximum absolute atomic E-state index is 11.8. The molecule has 0 fully saturated rings. The van der Waals surface area contributed by atoms with Crippen molar-refractivity contribution in [2.24, 2.45) is 0 Å². The molecule has 0 aliphatic rings. The Morgan fingerprint density at radius 1 is 1.09 bits per heavy atom. The predicted molar refractivity (Wildman–Crippen MR) is 82.4 cm³/mol. The van der Waals surface area contributed by atoms with Gasteiger partial charge in [0, 0.05) is 18.6 Å². The van der Waals surface area contributed by atoms with Crippen LogP contribution in [-0.4, -0.2) is 32.2 Å². The molecule has 0 radical (unpaired) electrons. The number of pyridine rings is 1. The third-order valence-electron chi connectivity index (χ3n) is 3.11. The minimum Gasteiger partial charge on any atom is -0.462 e. The third-order valence-corrected chi connectivity index (χ3v) is 4.24. The van der Waals surface area contributed by atoms with Crippen molar-refractivity contribution in [1.29, 1.82) is 0 Å². The van der Waals surface area contributed by atoms with Crippen molar-refractivity contribution in [1.82, 2.24) is 4.98 Å². The van der Waals surface area contributed by atoms with Crippen LogP contribution in [0, 0.1) is 0 Å². The van der Waals surface area contributed by atoms with E-state index in [1.165, 1.54) is 24.3 Å². The van der Waals surface area contributed by atoms with E-state index >= 15 is 0 Å². The average molecular weight is 319 g/mol. The van der Waals surface area contributed by atoms with Crippen molar-refractivity contribution in [2.45, 2.75) is 17.7 Å². The quantitative estimate of drug-likeness (QED) is 0.603. The van der Waals surface area contributed by atoms with Crippen LogP contribution in [0.3, 0.4) is 0 Å². The molecule has 1 aromatic carbocycles. The number of carbonyl (C=O) groups excluding carboxylic acids is 1. The van der Waals surface area contributed by atoms with Crippen molar-refractivity contribution in [2.75, 3.05) is 12.9 Å². The molecule has 0 amide bonds. The van der Waals surface area contributed by atoms with Crippen LogP contribution in [0.5, 0.6) is 0 Å². The summed E-state index contributed by atoms with van der Waals surface area (Å²) < 4.78 is 27.8. The summed E-state index contributed by atoms with van der Waals surface area (Å²) in [6.07, 6.45) is 6.11. The molecule has 0 bridgehead atoms. The lowest BCUT2D eigenvalue weighted by molar-refractivity contribution is 0.0500. The first-order valence-electron chi connectivity index (χ1n) is 6.83. The van der Waals surface area contributed by atoms with E-state index in [9.17, 15) is 13.2 Å². The highest BCUT2D eigenvalue weighted by Crippen LogP contribution is 2.11. The number of ether oxygens (including phenoxy) is 1. The second-order valence-corrected chi connectivity index (χ2v) is 6.91. The maximum atomic E-state index is 11.8. The van der Waals surface area contributed by atoms with Gasteiger partial charge in [0.2, 0.25) is 0 Å². The number of hydrogen-bond donors (Lipinski definition) is 0. The van der Waals surface area contributed by atoms with Crippen molar-refractivity contribution in [3.05, 3.63) is 59.9 Å². The summed E-state index contributed by atoms with van der Waals surface area (Å²) in [5.41, 5.74) is 1.49. The van der Waals surface area contributed by atoms with Gasteiger partial charge in [-0.15, -0.1) is 0 Å². The van der Waals surface area contributed by atoms with Crippen molar-refractivity contribution >= 4 is 15.8 Å². The predicted octanol–water partition coefficient (Wildman–Crippen LogP) is 2.27. The minimum absolute atomic E-state index is 0.182. The normalized spacial score (nSPS) is 11.1. The number of carbonyl (C=O) groups is 1. The van der Waals surface area contributed by atoms with E-state index in [1.54, 1.807) is 12.4 Å². The molecule has 2 aromatic rings. The molecular weight excluding hydrogens is 302 g/mol. The van der Waals surface area contributed by atoms with E-state index < -0.39 is 15.8 Å². The van der Waals surface area contributed by atoms with Crippen LogP contribution in [0.4, 0.5) is 0 Å². The Hall–Kier alpha value is -2.21. The van der Waals surface area contributed by atoms with E-state index in [0.29, 0.717) is 12.2 Å². The van der Waals surface area contributed by atoms with Crippen LogP contribution in [0.15, 0.2) is 53.7 Å². The largest absolute Gasteiger partial charge is 0.462 e. The summed E-state index contributed by atoms with van der Waals surface area (Å²) >= 11 is 0. The number of benzene rings is 1. The fourth-order valence-corrected chi connectivity index (χ4v) is 2.54. The Labute approximate surface area is 129 Å². The van der Waals surface area contributed by atoms with Gasteiger partial charge in [0.15, 0.2) is 9.84 Å². The van der Waals surface area contributed by atoms with Crippen molar-refractivity contribution < 1.29 is 17.9 Å². The number of nitrogens with zero attached hydrogens (tertiary/aromatic N) is 1. The fraction of sp³-hybridized carbons (Fsp3) is 0.250. The van der Waals surface area contributed by atoms with Gasteiger partial charge in [-0.2, -0.15) is 0 Å². The number of aryl methyl sites for hydroxylation is 1. The first-order chi connectivity index (χ1) is 10.5. The molecule has 2 rings (SSSR count). The highest BCUT2D eigenvalue weighted by atomic mass is 32.2. The van der Waals surface area contributed by atoms with Crippen LogP contribution in [0.1, 0.15) is 22.3 Å². The Kier molecular flexibility index (Phi) is 5.27. The highest BCUT2D eigenvalue weighted by Gasteiger charge is 2.10. The molecule has 0 saturated heterocycles. The zero-order valence-electron chi connectivity index (χ0n) is 12.2. The molecule has 6 heteroatoms. The monoisotopic (exact) mass is 319 g/mol. The Morgan fingerprint density at radius 3 is 2.32 bits per heavy atom. The summed E-state index contributed by atoms with van der Waals surface area (Å²) in [5, 5.41) is 0. The zero-order chi connectivity index (χ0) is 16.0. The molecule has 0 spiro atoms. The van der Waals surface area contributed by atoms with E-state index in [2.05, 4.69) is 4.98 Å². The molecule has 0 atom stereocenters. The minimum atomic E-state index is -3.25. The number of sulfone groups is 1. The Morgan fingerprint density at radius 2 is 1.73 bits per heavy atom. The first-order valence-corrected chi connectivity index (χ1v) is 8.72. The number of esters is 1. The van der Waals surface area contributed by atoms with Gasteiger partial charge < -0.3 is 4.74 Å². The van der Waals surface area contributed by atoms with E-state index in [-0.39, 0.29) is 4.90 Å².